The zero-order chi connectivity index (χ0) is 10.4. The predicted octanol–water partition coefficient (Wildman–Crippen LogP) is 0.258. The van der Waals surface area contributed by atoms with Gasteiger partial charge in [-0.25, -0.2) is 0 Å². The van der Waals surface area contributed by atoms with E-state index in [1.165, 1.54) is 0 Å². The molecule has 0 saturated carbocycles. The largest absolute Gasteiger partial charge is 0.330 e. The molecule has 0 amide bonds. The van der Waals surface area contributed by atoms with Gasteiger partial charge in [-0.1, -0.05) is 6.08 Å². The molecule has 0 aromatic rings. The van der Waals surface area contributed by atoms with Crippen LogP contribution >= 0.6 is 0 Å². The van der Waals surface area contributed by atoms with Crippen molar-refractivity contribution in [3.63, 3.8) is 0 Å². The summed E-state index contributed by atoms with van der Waals surface area (Å²) >= 11 is -2.19. The third-order valence-corrected chi connectivity index (χ3v) is 2.49. The Morgan fingerprint density at radius 1 is 1.57 bits per heavy atom. The van der Waals surface area contributed by atoms with E-state index >= 15 is 0 Å². The van der Waals surface area contributed by atoms with Crippen LogP contribution in [0.1, 0.15) is 12.8 Å². The second-order valence-electron chi connectivity index (χ2n) is 3.07. The van der Waals surface area contributed by atoms with Crippen molar-refractivity contribution in [3.05, 3.63) is 12.2 Å². The molecule has 0 aromatic carbocycles. The van der Waals surface area contributed by atoms with Crippen molar-refractivity contribution in [1.82, 2.24) is 0 Å². The van der Waals surface area contributed by atoms with Gasteiger partial charge in [-0.3, -0.25) is 13.7 Å². The average Bonchev–Trinajstić information content (AvgIpc) is 2.53. The van der Waals surface area contributed by atoms with Gasteiger partial charge in [-0.05, 0) is 19.0 Å². The molecule has 0 spiro atoms. The molecule has 0 radical (unpaired) electrons. The van der Waals surface area contributed by atoms with E-state index < -0.39 is 11.4 Å². The molecule has 2 unspecified atom stereocenters. The van der Waals surface area contributed by atoms with E-state index in [0.29, 0.717) is 13.0 Å². The van der Waals surface area contributed by atoms with E-state index in [1.807, 2.05) is 12.2 Å². The molecule has 0 aliphatic carbocycles. The highest BCUT2D eigenvalue weighted by Crippen LogP contribution is 2.25. The molecule has 1 rings (SSSR count). The minimum Gasteiger partial charge on any atom is -0.330 e. The Morgan fingerprint density at radius 3 is 2.86 bits per heavy atom. The van der Waals surface area contributed by atoms with Crippen LogP contribution in [-0.2, 0) is 15.5 Å². The van der Waals surface area contributed by atoms with Crippen LogP contribution in [-0.4, -0.2) is 33.7 Å². The second kappa shape index (κ2) is 5.35. The lowest BCUT2D eigenvalue weighted by molar-refractivity contribution is 0.272. The first-order valence-electron chi connectivity index (χ1n) is 4.36. The van der Waals surface area contributed by atoms with Crippen molar-refractivity contribution < 1.29 is 12.9 Å². The number of nitrogens with zero attached hydrogens (tertiary/aromatic N) is 1. The maximum atomic E-state index is 10.2. The average molecular weight is 218 g/mol. The van der Waals surface area contributed by atoms with Gasteiger partial charge in [0.25, 0.3) is 0 Å². The third kappa shape index (κ3) is 3.30. The molecule has 1 heterocycles. The highest BCUT2D eigenvalue weighted by Gasteiger charge is 2.26. The van der Waals surface area contributed by atoms with E-state index in [9.17, 15) is 4.21 Å². The summed E-state index contributed by atoms with van der Waals surface area (Å²) in [5.41, 5.74) is 5.14. The molecular formula is C8H14N2O3S. The Hall–Kier alpha value is -0.560. The van der Waals surface area contributed by atoms with E-state index in [1.54, 1.807) is 6.21 Å². The summed E-state index contributed by atoms with van der Waals surface area (Å²) in [7, 11) is 0. The standard InChI is InChI=1S/C8H14N2O3S/c9-5-3-8(2-1-6-10-8)4-7-13-14(11)12/h1-2,6H,3-5,7,9H2,(H,11,12). The predicted molar refractivity (Wildman–Crippen MR) is 55.4 cm³/mol. The lowest BCUT2D eigenvalue weighted by atomic mass is 9.93. The van der Waals surface area contributed by atoms with E-state index in [4.69, 9.17) is 10.3 Å². The minimum absolute atomic E-state index is 0.199. The summed E-state index contributed by atoms with van der Waals surface area (Å²) in [5.74, 6) is 0. The SMILES string of the molecule is NCCC1(CCOS(=O)O)C=CC=N1. The summed E-state index contributed by atoms with van der Waals surface area (Å²) in [6, 6.07) is 0. The topological polar surface area (TPSA) is 84.9 Å². The fraction of sp³-hybridized carbons (Fsp3) is 0.625. The summed E-state index contributed by atoms with van der Waals surface area (Å²) in [5, 5.41) is 0. The lowest BCUT2D eigenvalue weighted by Crippen LogP contribution is -2.27. The number of nitrogens with two attached hydrogens (primary N) is 1. The molecule has 1 aliphatic heterocycles. The van der Waals surface area contributed by atoms with Gasteiger partial charge >= 0.3 is 11.4 Å². The molecule has 14 heavy (non-hydrogen) atoms. The first-order chi connectivity index (χ1) is 6.68. The molecule has 6 heteroatoms. The van der Waals surface area contributed by atoms with Gasteiger partial charge in [-0.15, -0.1) is 0 Å². The second-order valence-corrected chi connectivity index (χ2v) is 3.74. The van der Waals surface area contributed by atoms with Crippen LogP contribution in [0, 0.1) is 0 Å². The van der Waals surface area contributed by atoms with Gasteiger partial charge in [0.1, 0.15) is 0 Å². The van der Waals surface area contributed by atoms with Gasteiger partial charge in [-0.2, -0.15) is 4.21 Å². The molecule has 0 aromatic heterocycles. The third-order valence-electron chi connectivity index (χ3n) is 2.12. The van der Waals surface area contributed by atoms with Crippen molar-refractivity contribution >= 4 is 17.6 Å². The molecule has 0 fully saturated rings. The quantitative estimate of drug-likeness (QED) is 0.626. The van der Waals surface area contributed by atoms with Crippen LogP contribution in [0.4, 0.5) is 0 Å². The molecular weight excluding hydrogens is 204 g/mol. The minimum atomic E-state index is -2.19. The Bertz CT molecular complexity index is 253. The Balaban J connectivity index is 2.41. The van der Waals surface area contributed by atoms with Crippen LogP contribution in [0.5, 0.6) is 0 Å². The Kier molecular flexibility index (Phi) is 4.40. The van der Waals surface area contributed by atoms with Crippen molar-refractivity contribution in [3.8, 4) is 0 Å². The van der Waals surface area contributed by atoms with Gasteiger partial charge in [0.2, 0.25) is 0 Å². The molecule has 0 bridgehead atoms. The highest BCUT2D eigenvalue weighted by molar-refractivity contribution is 7.74. The summed E-state index contributed by atoms with van der Waals surface area (Å²) in [6.07, 6.45) is 6.81. The van der Waals surface area contributed by atoms with E-state index in [-0.39, 0.29) is 12.1 Å². The van der Waals surface area contributed by atoms with Crippen LogP contribution < -0.4 is 5.73 Å². The van der Waals surface area contributed by atoms with Crippen LogP contribution in [0.15, 0.2) is 17.1 Å². The van der Waals surface area contributed by atoms with Crippen LogP contribution in [0.2, 0.25) is 0 Å². The zero-order valence-corrected chi connectivity index (χ0v) is 8.57. The molecule has 3 N–H and O–H groups in total. The van der Waals surface area contributed by atoms with Crippen molar-refractivity contribution in [2.75, 3.05) is 13.2 Å². The Labute approximate surface area is 85.5 Å². The van der Waals surface area contributed by atoms with E-state index in [2.05, 4.69) is 9.18 Å². The normalized spacial score (nSPS) is 27.0. The molecule has 2 atom stereocenters. The van der Waals surface area contributed by atoms with Crippen LogP contribution in [0.3, 0.4) is 0 Å². The first kappa shape index (κ1) is 11.5. The lowest BCUT2D eigenvalue weighted by Gasteiger charge is -2.22. The zero-order valence-electron chi connectivity index (χ0n) is 7.76. The summed E-state index contributed by atoms with van der Waals surface area (Å²) in [4.78, 5) is 4.28. The maximum Gasteiger partial charge on any atom is 0.301 e. The van der Waals surface area contributed by atoms with Crippen molar-refractivity contribution in [2.45, 2.75) is 18.4 Å². The first-order valence-corrected chi connectivity index (χ1v) is 5.39. The number of rotatable bonds is 6. The maximum absolute atomic E-state index is 10.2. The van der Waals surface area contributed by atoms with Gasteiger partial charge in [0, 0.05) is 12.6 Å². The fourth-order valence-corrected chi connectivity index (χ4v) is 1.64. The molecule has 80 valence electrons. The van der Waals surface area contributed by atoms with Crippen molar-refractivity contribution in [1.29, 1.82) is 0 Å². The van der Waals surface area contributed by atoms with Gasteiger partial charge < -0.3 is 5.73 Å². The monoisotopic (exact) mass is 218 g/mol. The van der Waals surface area contributed by atoms with Gasteiger partial charge in [0.05, 0.1) is 12.1 Å². The summed E-state index contributed by atoms with van der Waals surface area (Å²) < 4.78 is 23.2. The molecule has 1 aliphatic rings. The van der Waals surface area contributed by atoms with E-state index in [0.717, 1.165) is 6.42 Å². The smallest absolute Gasteiger partial charge is 0.301 e. The number of hydrogen-bond donors (Lipinski definition) is 2. The van der Waals surface area contributed by atoms with Gasteiger partial charge in [0.15, 0.2) is 0 Å². The number of allylic oxidation sites excluding steroid dienone is 1. The fourth-order valence-electron chi connectivity index (χ4n) is 1.42. The van der Waals surface area contributed by atoms with Crippen LogP contribution in [0.25, 0.3) is 0 Å². The van der Waals surface area contributed by atoms with Crippen molar-refractivity contribution in [2.24, 2.45) is 10.7 Å². The molecule has 0 saturated heterocycles. The molecule has 5 nitrogen and oxygen atoms in total. The highest BCUT2D eigenvalue weighted by atomic mass is 32.2. The summed E-state index contributed by atoms with van der Waals surface area (Å²) in [6.45, 7) is 0.731. The Morgan fingerprint density at radius 2 is 2.36 bits per heavy atom. The number of aliphatic imine (C=N–C) groups is 1. The number of hydrogen-bond acceptors (Lipinski definition) is 4.